The average molecular weight is 124 g/mol. The van der Waals surface area contributed by atoms with Gasteiger partial charge in [-0.05, 0) is 12.6 Å². The molecule has 9 heavy (non-hydrogen) atoms. The van der Waals surface area contributed by atoms with Crippen molar-refractivity contribution in [3.63, 3.8) is 0 Å². The van der Waals surface area contributed by atoms with Gasteiger partial charge < -0.3 is 5.32 Å². The van der Waals surface area contributed by atoms with Crippen LogP contribution in [0.5, 0.6) is 0 Å². The Balaban J connectivity index is 2.26. The highest BCUT2D eigenvalue weighted by molar-refractivity contribution is 5.86. The summed E-state index contributed by atoms with van der Waals surface area (Å²) in [4.78, 5) is 4.28. The molecule has 2 nitrogen and oxygen atoms in total. The van der Waals surface area contributed by atoms with Crippen molar-refractivity contribution in [2.45, 2.75) is 19.8 Å². The second-order valence-corrected chi connectivity index (χ2v) is 2.08. The highest BCUT2D eigenvalue weighted by Gasteiger charge is 1.96. The molecule has 1 aliphatic heterocycles. The zero-order valence-corrected chi connectivity index (χ0v) is 5.72. The smallest absolute Gasteiger partial charge is 0.104 e. The number of amidine groups is 1. The Labute approximate surface area is 55.7 Å². The van der Waals surface area contributed by atoms with E-state index in [9.17, 15) is 0 Å². The van der Waals surface area contributed by atoms with Gasteiger partial charge in [-0.1, -0.05) is 13.0 Å². The van der Waals surface area contributed by atoms with Gasteiger partial charge in [-0.2, -0.15) is 0 Å². The van der Waals surface area contributed by atoms with E-state index in [4.69, 9.17) is 0 Å². The molecule has 0 fully saturated rings. The third-order valence-corrected chi connectivity index (χ3v) is 1.21. The fourth-order valence-corrected chi connectivity index (χ4v) is 0.742. The molecule has 0 aromatic rings. The molecule has 0 saturated carbocycles. The van der Waals surface area contributed by atoms with Crippen molar-refractivity contribution in [2.24, 2.45) is 4.99 Å². The van der Waals surface area contributed by atoms with Crippen LogP contribution in [0.1, 0.15) is 19.8 Å². The Morgan fingerprint density at radius 1 is 1.78 bits per heavy atom. The molecule has 0 bridgehead atoms. The van der Waals surface area contributed by atoms with E-state index in [1.54, 1.807) is 0 Å². The SMILES string of the molecule is CCCN=C1CC=CN1. The lowest BCUT2D eigenvalue weighted by Gasteiger charge is -1.94. The van der Waals surface area contributed by atoms with Gasteiger partial charge in [-0.3, -0.25) is 4.99 Å². The second kappa shape index (κ2) is 3.28. The predicted octanol–water partition coefficient (Wildman–Crippen LogP) is 1.30. The van der Waals surface area contributed by atoms with Gasteiger partial charge in [-0.15, -0.1) is 0 Å². The number of hydrogen-bond acceptors (Lipinski definition) is 1. The second-order valence-electron chi connectivity index (χ2n) is 2.08. The van der Waals surface area contributed by atoms with E-state index in [-0.39, 0.29) is 0 Å². The molecule has 0 amide bonds. The van der Waals surface area contributed by atoms with E-state index in [0.29, 0.717) is 0 Å². The highest BCUT2D eigenvalue weighted by atomic mass is 15.0. The summed E-state index contributed by atoms with van der Waals surface area (Å²) >= 11 is 0. The Morgan fingerprint density at radius 2 is 2.67 bits per heavy atom. The standard InChI is InChI=1S/C7H12N2/c1-2-5-8-7-4-3-6-9-7/h3,6H,2,4-5H2,1H3,(H,8,9). The van der Waals surface area contributed by atoms with Gasteiger partial charge in [0.2, 0.25) is 0 Å². The molecule has 50 valence electrons. The zero-order chi connectivity index (χ0) is 6.53. The van der Waals surface area contributed by atoms with Crippen LogP contribution < -0.4 is 5.32 Å². The number of aliphatic imine (C=N–C) groups is 1. The minimum atomic E-state index is 0.948. The van der Waals surface area contributed by atoms with Crippen LogP contribution in [0.2, 0.25) is 0 Å². The molecular weight excluding hydrogens is 112 g/mol. The first kappa shape index (κ1) is 6.33. The van der Waals surface area contributed by atoms with E-state index >= 15 is 0 Å². The van der Waals surface area contributed by atoms with Gasteiger partial charge in [0.05, 0.1) is 0 Å². The molecule has 0 aromatic carbocycles. The summed E-state index contributed by atoms with van der Waals surface area (Å²) in [6.45, 7) is 3.08. The quantitative estimate of drug-likeness (QED) is 0.589. The predicted molar refractivity (Wildman–Crippen MR) is 39.5 cm³/mol. The fourth-order valence-electron chi connectivity index (χ4n) is 0.742. The van der Waals surface area contributed by atoms with Gasteiger partial charge in [-0.25, -0.2) is 0 Å². The molecule has 1 aliphatic rings. The first-order valence-electron chi connectivity index (χ1n) is 3.38. The summed E-state index contributed by atoms with van der Waals surface area (Å²) in [5.41, 5.74) is 0. The van der Waals surface area contributed by atoms with Crippen LogP contribution in [0.25, 0.3) is 0 Å². The first-order chi connectivity index (χ1) is 4.43. The average Bonchev–Trinajstić information content (AvgIpc) is 2.34. The summed E-state index contributed by atoms with van der Waals surface area (Å²) in [6.07, 6.45) is 6.13. The molecular formula is C7H12N2. The first-order valence-corrected chi connectivity index (χ1v) is 3.38. The summed E-state index contributed by atoms with van der Waals surface area (Å²) in [6, 6.07) is 0. The van der Waals surface area contributed by atoms with Crippen LogP contribution in [0.15, 0.2) is 17.3 Å². The summed E-state index contributed by atoms with van der Waals surface area (Å²) < 4.78 is 0. The van der Waals surface area contributed by atoms with E-state index in [2.05, 4.69) is 23.3 Å². The lowest BCUT2D eigenvalue weighted by molar-refractivity contribution is 0.922. The lowest BCUT2D eigenvalue weighted by atomic mass is 10.4. The molecule has 0 spiro atoms. The fraction of sp³-hybridized carbons (Fsp3) is 0.571. The van der Waals surface area contributed by atoms with Crippen molar-refractivity contribution in [1.82, 2.24) is 5.32 Å². The maximum Gasteiger partial charge on any atom is 0.104 e. The summed E-state index contributed by atoms with van der Waals surface area (Å²) in [5, 5.41) is 3.06. The molecule has 1 rings (SSSR count). The van der Waals surface area contributed by atoms with Crippen LogP contribution in [-0.2, 0) is 0 Å². The third-order valence-electron chi connectivity index (χ3n) is 1.21. The van der Waals surface area contributed by atoms with E-state index in [1.165, 1.54) is 0 Å². The summed E-state index contributed by atoms with van der Waals surface area (Å²) in [5.74, 6) is 1.11. The molecule has 0 radical (unpaired) electrons. The van der Waals surface area contributed by atoms with Crippen molar-refractivity contribution in [2.75, 3.05) is 6.54 Å². The van der Waals surface area contributed by atoms with Crippen LogP contribution in [0.4, 0.5) is 0 Å². The largest absolute Gasteiger partial charge is 0.351 e. The topological polar surface area (TPSA) is 24.4 Å². The minimum absolute atomic E-state index is 0.948. The van der Waals surface area contributed by atoms with Gasteiger partial charge in [0.25, 0.3) is 0 Å². The van der Waals surface area contributed by atoms with Crippen molar-refractivity contribution in [3.05, 3.63) is 12.3 Å². The number of rotatable bonds is 2. The number of nitrogens with one attached hydrogen (secondary N) is 1. The molecule has 1 N–H and O–H groups in total. The van der Waals surface area contributed by atoms with Gasteiger partial charge in [0.1, 0.15) is 5.84 Å². The number of hydrogen-bond donors (Lipinski definition) is 1. The van der Waals surface area contributed by atoms with E-state index in [1.807, 2.05) is 6.20 Å². The van der Waals surface area contributed by atoms with Crippen molar-refractivity contribution in [3.8, 4) is 0 Å². The van der Waals surface area contributed by atoms with Crippen LogP contribution >= 0.6 is 0 Å². The Bertz CT molecular complexity index is 126. The molecule has 0 atom stereocenters. The van der Waals surface area contributed by atoms with E-state index in [0.717, 1.165) is 25.2 Å². The highest BCUT2D eigenvalue weighted by Crippen LogP contribution is 1.93. The van der Waals surface area contributed by atoms with Gasteiger partial charge >= 0.3 is 0 Å². The normalized spacial score (nSPS) is 20.8. The Kier molecular flexibility index (Phi) is 2.31. The zero-order valence-electron chi connectivity index (χ0n) is 5.72. The monoisotopic (exact) mass is 124 g/mol. The number of nitrogens with zero attached hydrogens (tertiary/aromatic N) is 1. The molecule has 1 heterocycles. The minimum Gasteiger partial charge on any atom is -0.351 e. The Morgan fingerprint density at radius 3 is 3.22 bits per heavy atom. The van der Waals surface area contributed by atoms with Crippen molar-refractivity contribution >= 4 is 5.84 Å². The molecule has 0 unspecified atom stereocenters. The molecule has 0 aliphatic carbocycles. The van der Waals surface area contributed by atoms with E-state index < -0.39 is 0 Å². The summed E-state index contributed by atoms with van der Waals surface area (Å²) in [7, 11) is 0. The van der Waals surface area contributed by atoms with Gasteiger partial charge in [0, 0.05) is 13.0 Å². The van der Waals surface area contributed by atoms with Crippen molar-refractivity contribution < 1.29 is 0 Å². The maximum absolute atomic E-state index is 4.28. The molecule has 0 saturated heterocycles. The van der Waals surface area contributed by atoms with Crippen LogP contribution in [0.3, 0.4) is 0 Å². The third kappa shape index (κ3) is 1.88. The lowest BCUT2D eigenvalue weighted by Crippen LogP contribution is -2.10. The maximum atomic E-state index is 4.28. The van der Waals surface area contributed by atoms with Crippen LogP contribution in [0, 0.1) is 0 Å². The van der Waals surface area contributed by atoms with Gasteiger partial charge in [0.15, 0.2) is 0 Å². The molecule has 0 aromatic heterocycles. The molecule has 2 heteroatoms. The van der Waals surface area contributed by atoms with Crippen molar-refractivity contribution in [1.29, 1.82) is 0 Å². The van der Waals surface area contributed by atoms with Crippen LogP contribution in [-0.4, -0.2) is 12.4 Å². The Hall–Kier alpha value is -0.790.